The first-order valence-electron chi connectivity index (χ1n) is 5.74. The molecule has 0 aliphatic carbocycles. The zero-order valence-electron chi connectivity index (χ0n) is 10.2. The molecule has 1 aromatic rings. The van der Waals surface area contributed by atoms with E-state index >= 15 is 0 Å². The van der Waals surface area contributed by atoms with Crippen LogP contribution < -0.4 is 10.5 Å². The van der Waals surface area contributed by atoms with E-state index in [1.54, 1.807) is 13.0 Å². The van der Waals surface area contributed by atoms with Crippen molar-refractivity contribution in [3.05, 3.63) is 29.1 Å². The number of unbranched alkanes of at least 4 members (excludes halogenated alkanes) is 1. The molecule has 0 amide bonds. The number of hydrogen-bond acceptors (Lipinski definition) is 2. The Morgan fingerprint density at radius 3 is 2.69 bits per heavy atom. The molecule has 0 aliphatic heterocycles. The SMILES string of the molecule is CCCCOc1cc(C)c(F)cc1[C@H](C)N. The minimum atomic E-state index is -0.227. The minimum absolute atomic E-state index is 0.216. The number of nitrogens with two attached hydrogens (primary N) is 1. The van der Waals surface area contributed by atoms with Gasteiger partial charge in [-0.15, -0.1) is 0 Å². The van der Waals surface area contributed by atoms with E-state index in [1.165, 1.54) is 6.07 Å². The average Bonchev–Trinajstić information content (AvgIpc) is 2.23. The number of halogens is 1. The van der Waals surface area contributed by atoms with E-state index in [9.17, 15) is 4.39 Å². The van der Waals surface area contributed by atoms with Crippen molar-refractivity contribution in [2.24, 2.45) is 5.73 Å². The van der Waals surface area contributed by atoms with E-state index in [0.29, 0.717) is 17.9 Å². The fourth-order valence-corrected chi connectivity index (χ4v) is 1.48. The minimum Gasteiger partial charge on any atom is -0.493 e. The molecule has 0 heterocycles. The molecule has 0 saturated heterocycles. The van der Waals surface area contributed by atoms with Gasteiger partial charge in [-0.3, -0.25) is 0 Å². The molecule has 1 atom stereocenters. The van der Waals surface area contributed by atoms with Crippen LogP contribution in [0.1, 0.15) is 43.9 Å². The van der Waals surface area contributed by atoms with Crippen LogP contribution in [0.2, 0.25) is 0 Å². The summed E-state index contributed by atoms with van der Waals surface area (Å²) < 4.78 is 19.0. The van der Waals surface area contributed by atoms with Crippen LogP contribution in [-0.2, 0) is 0 Å². The fraction of sp³-hybridized carbons (Fsp3) is 0.538. The molecule has 1 aromatic carbocycles. The highest BCUT2D eigenvalue weighted by Crippen LogP contribution is 2.27. The molecule has 2 nitrogen and oxygen atoms in total. The summed E-state index contributed by atoms with van der Waals surface area (Å²) in [5.41, 5.74) is 7.12. The van der Waals surface area contributed by atoms with Gasteiger partial charge in [-0.25, -0.2) is 4.39 Å². The molecule has 90 valence electrons. The standard InChI is InChI=1S/C13H20FNO/c1-4-5-6-16-13-7-9(2)12(14)8-11(13)10(3)15/h7-8,10H,4-6,15H2,1-3H3/t10-/m0/s1. The number of ether oxygens (including phenoxy) is 1. The zero-order valence-corrected chi connectivity index (χ0v) is 10.2. The second-order valence-corrected chi connectivity index (χ2v) is 4.13. The van der Waals surface area contributed by atoms with Gasteiger partial charge in [0.1, 0.15) is 11.6 Å². The van der Waals surface area contributed by atoms with Crippen molar-refractivity contribution in [1.82, 2.24) is 0 Å². The van der Waals surface area contributed by atoms with Crippen LogP contribution in [0.15, 0.2) is 12.1 Å². The van der Waals surface area contributed by atoms with Crippen molar-refractivity contribution in [3.63, 3.8) is 0 Å². The third-order valence-corrected chi connectivity index (χ3v) is 2.54. The Labute approximate surface area is 96.6 Å². The summed E-state index contributed by atoms with van der Waals surface area (Å²) in [5.74, 6) is 0.484. The molecule has 2 N–H and O–H groups in total. The van der Waals surface area contributed by atoms with Gasteiger partial charge >= 0.3 is 0 Å². The van der Waals surface area contributed by atoms with E-state index in [0.717, 1.165) is 18.4 Å². The summed E-state index contributed by atoms with van der Waals surface area (Å²) >= 11 is 0. The van der Waals surface area contributed by atoms with Crippen LogP contribution >= 0.6 is 0 Å². The molecule has 0 aromatic heterocycles. The first-order chi connectivity index (χ1) is 7.56. The largest absolute Gasteiger partial charge is 0.493 e. The zero-order chi connectivity index (χ0) is 12.1. The lowest BCUT2D eigenvalue weighted by molar-refractivity contribution is 0.304. The number of benzene rings is 1. The number of rotatable bonds is 5. The predicted octanol–water partition coefficient (Wildman–Crippen LogP) is 3.33. The van der Waals surface area contributed by atoms with Crippen molar-refractivity contribution in [2.45, 2.75) is 39.7 Å². The summed E-state index contributed by atoms with van der Waals surface area (Å²) in [6.45, 7) is 6.32. The first-order valence-corrected chi connectivity index (χ1v) is 5.74. The monoisotopic (exact) mass is 225 g/mol. The lowest BCUT2D eigenvalue weighted by atomic mass is 10.1. The second-order valence-electron chi connectivity index (χ2n) is 4.13. The van der Waals surface area contributed by atoms with Crippen LogP contribution in [-0.4, -0.2) is 6.61 Å². The molecule has 0 fully saturated rings. The lowest BCUT2D eigenvalue weighted by Crippen LogP contribution is -2.09. The normalized spacial score (nSPS) is 12.6. The average molecular weight is 225 g/mol. The highest BCUT2D eigenvalue weighted by molar-refractivity contribution is 5.39. The second kappa shape index (κ2) is 5.85. The van der Waals surface area contributed by atoms with Crippen LogP contribution in [0, 0.1) is 12.7 Å². The van der Waals surface area contributed by atoms with E-state index < -0.39 is 0 Å². The smallest absolute Gasteiger partial charge is 0.126 e. The van der Waals surface area contributed by atoms with Crippen molar-refractivity contribution in [3.8, 4) is 5.75 Å². The Morgan fingerprint density at radius 2 is 2.12 bits per heavy atom. The molecule has 0 aliphatic rings. The van der Waals surface area contributed by atoms with Crippen molar-refractivity contribution in [2.75, 3.05) is 6.61 Å². The Hall–Kier alpha value is -1.09. The third kappa shape index (κ3) is 3.20. The van der Waals surface area contributed by atoms with Gasteiger partial charge in [0.2, 0.25) is 0 Å². The van der Waals surface area contributed by atoms with Gasteiger partial charge in [-0.2, -0.15) is 0 Å². The van der Waals surface area contributed by atoms with Crippen LogP contribution in [0.4, 0.5) is 4.39 Å². The van der Waals surface area contributed by atoms with Gasteiger partial charge in [-0.1, -0.05) is 13.3 Å². The third-order valence-electron chi connectivity index (χ3n) is 2.54. The molecule has 0 bridgehead atoms. The predicted molar refractivity (Wildman–Crippen MR) is 64.1 cm³/mol. The molecule has 0 radical (unpaired) electrons. The van der Waals surface area contributed by atoms with Crippen molar-refractivity contribution >= 4 is 0 Å². The molecular formula is C13H20FNO. The van der Waals surface area contributed by atoms with Crippen LogP contribution in [0.25, 0.3) is 0 Å². The van der Waals surface area contributed by atoms with Crippen LogP contribution in [0.3, 0.4) is 0 Å². The maximum absolute atomic E-state index is 13.4. The summed E-state index contributed by atoms with van der Waals surface area (Å²) in [6, 6.07) is 2.98. The molecule has 0 unspecified atom stereocenters. The highest BCUT2D eigenvalue weighted by atomic mass is 19.1. The Balaban J connectivity index is 2.91. The summed E-state index contributed by atoms with van der Waals surface area (Å²) in [7, 11) is 0. The topological polar surface area (TPSA) is 35.2 Å². The van der Waals surface area contributed by atoms with E-state index in [-0.39, 0.29) is 11.9 Å². The Morgan fingerprint density at radius 1 is 1.44 bits per heavy atom. The fourth-order valence-electron chi connectivity index (χ4n) is 1.48. The maximum Gasteiger partial charge on any atom is 0.126 e. The van der Waals surface area contributed by atoms with E-state index in [4.69, 9.17) is 10.5 Å². The molecule has 1 rings (SSSR count). The molecule has 3 heteroatoms. The summed E-state index contributed by atoms with van der Waals surface area (Å²) in [5, 5.41) is 0. The maximum atomic E-state index is 13.4. The van der Waals surface area contributed by atoms with Gasteiger partial charge in [0, 0.05) is 11.6 Å². The molecule has 0 spiro atoms. The van der Waals surface area contributed by atoms with Crippen LogP contribution in [0.5, 0.6) is 5.75 Å². The lowest BCUT2D eigenvalue weighted by Gasteiger charge is -2.15. The summed E-state index contributed by atoms with van der Waals surface area (Å²) in [6.07, 6.45) is 2.07. The van der Waals surface area contributed by atoms with Crippen molar-refractivity contribution < 1.29 is 9.13 Å². The number of hydrogen-bond donors (Lipinski definition) is 1. The van der Waals surface area contributed by atoms with Gasteiger partial charge in [0.25, 0.3) is 0 Å². The van der Waals surface area contributed by atoms with Gasteiger partial charge in [0.05, 0.1) is 6.61 Å². The van der Waals surface area contributed by atoms with Gasteiger partial charge < -0.3 is 10.5 Å². The molecule has 0 saturated carbocycles. The van der Waals surface area contributed by atoms with Gasteiger partial charge in [-0.05, 0) is 38.0 Å². The van der Waals surface area contributed by atoms with Crippen molar-refractivity contribution in [1.29, 1.82) is 0 Å². The Kier molecular flexibility index (Phi) is 4.74. The quantitative estimate of drug-likeness (QED) is 0.780. The Bertz CT molecular complexity index is 350. The first kappa shape index (κ1) is 13.0. The summed E-state index contributed by atoms with van der Waals surface area (Å²) in [4.78, 5) is 0. The highest BCUT2D eigenvalue weighted by Gasteiger charge is 2.11. The molecule has 16 heavy (non-hydrogen) atoms. The van der Waals surface area contributed by atoms with Gasteiger partial charge in [0.15, 0.2) is 0 Å². The number of aryl methyl sites for hydroxylation is 1. The molecular weight excluding hydrogens is 205 g/mol. The van der Waals surface area contributed by atoms with E-state index in [1.807, 2.05) is 6.92 Å². The van der Waals surface area contributed by atoms with E-state index in [2.05, 4.69) is 6.92 Å².